The lowest BCUT2D eigenvalue weighted by atomic mass is 10.0. The van der Waals surface area contributed by atoms with Crippen LogP contribution in [0.2, 0.25) is 0 Å². The SMILES string of the molecule is CCCCCC/C=C\C/C=C\CCCCCCCCCC(=O)OCCCCCCCCCCCCCC/C=C\CCCCCCCCCCCCCCC(=O)NC(CO)C(O)CCCCCCCCCCCCCCCCCCCCCCCCC. The van der Waals surface area contributed by atoms with Crippen LogP contribution in [-0.4, -0.2) is 47.4 Å². The first kappa shape index (κ1) is 84.1. The molecule has 0 aromatic carbocycles. The largest absolute Gasteiger partial charge is 0.466 e. The summed E-state index contributed by atoms with van der Waals surface area (Å²) in [5, 5.41) is 23.5. The normalized spacial score (nSPS) is 12.7. The lowest BCUT2D eigenvalue weighted by Crippen LogP contribution is -2.45. The van der Waals surface area contributed by atoms with Crippen LogP contribution in [0.5, 0.6) is 0 Å². The zero-order chi connectivity index (χ0) is 62.0. The Labute approximate surface area is 538 Å². The Kier molecular flexibility index (Phi) is 73.9. The first-order chi connectivity index (χ1) is 42.5. The van der Waals surface area contributed by atoms with Crippen molar-refractivity contribution in [3.05, 3.63) is 36.5 Å². The number of carbonyl (C=O) groups excluding carboxylic acids is 2. The van der Waals surface area contributed by atoms with E-state index in [0.29, 0.717) is 25.9 Å². The van der Waals surface area contributed by atoms with E-state index in [1.807, 2.05) is 0 Å². The van der Waals surface area contributed by atoms with Crippen LogP contribution < -0.4 is 5.32 Å². The number of hydrogen-bond donors (Lipinski definition) is 3. The summed E-state index contributed by atoms with van der Waals surface area (Å²) < 4.78 is 5.51. The number of hydrogen-bond acceptors (Lipinski definition) is 5. The van der Waals surface area contributed by atoms with Gasteiger partial charge in [0.15, 0.2) is 0 Å². The Balaban J connectivity index is 3.38. The predicted octanol–water partition coefficient (Wildman–Crippen LogP) is 25.8. The lowest BCUT2D eigenvalue weighted by molar-refractivity contribution is -0.143. The van der Waals surface area contributed by atoms with Crippen LogP contribution in [0.15, 0.2) is 36.5 Å². The minimum atomic E-state index is -0.666. The van der Waals surface area contributed by atoms with Gasteiger partial charge < -0.3 is 20.3 Å². The van der Waals surface area contributed by atoms with E-state index >= 15 is 0 Å². The molecule has 0 saturated carbocycles. The Hall–Kier alpha value is -1.92. The summed E-state index contributed by atoms with van der Waals surface area (Å²) in [5.41, 5.74) is 0. The fraction of sp³-hybridized carbons (Fsp3) is 0.900. The molecule has 0 aliphatic heterocycles. The smallest absolute Gasteiger partial charge is 0.305 e. The van der Waals surface area contributed by atoms with Crippen LogP contribution in [0, 0.1) is 0 Å². The van der Waals surface area contributed by atoms with E-state index in [0.717, 1.165) is 51.4 Å². The van der Waals surface area contributed by atoms with Gasteiger partial charge in [-0.05, 0) is 83.5 Å². The van der Waals surface area contributed by atoms with E-state index in [1.54, 1.807) is 0 Å². The lowest BCUT2D eigenvalue weighted by Gasteiger charge is -2.22. The number of nitrogens with one attached hydrogen (secondary N) is 1. The second kappa shape index (κ2) is 75.5. The molecule has 0 bridgehead atoms. The fourth-order valence-corrected chi connectivity index (χ4v) is 12.4. The molecule has 0 heterocycles. The summed E-state index contributed by atoms with van der Waals surface area (Å²) in [6.07, 6.45) is 97.9. The molecule has 2 unspecified atom stereocenters. The molecule has 508 valence electrons. The van der Waals surface area contributed by atoms with Gasteiger partial charge in [0.2, 0.25) is 5.91 Å². The Morgan fingerprint density at radius 1 is 0.326 bits per heavy atom. The van der Waals surface area contributed by atoms with Crippen LogP contribution in [0.1, 0.15) is 438 Å². The highest BCUT2D eigenvalue weighted by Crippen LogP contribution is 2.20. The summed E-state index contributed by atoms with van der Waals surface area (Å²) in [4.78, 5) is 24.7. The van der Waals surface area contributed by atoms with Gasteiger partial charge in [0.25, 0.3) is 0 Å². The molecule has 0 spiro atoms. The highest BCUT2D eigenvalue weighted by molar-refractivity contribution is 5.76. The maximum absolute atomic E-state index is 12.6. The third-order valence-corrected chi connectivity index (χ3v) is 18.4. The molecule has 0 rings (SSSR count). The standard InChI is InChI=1S/C80H153NO5/c1-3-5-7-9-11-13-15-17-19-21-23-24-31-34-37-40-44-48-52-56-60-64-68-72-78(83)77(76-82)81-79(84)73-69-65-61-57-53-49-45-41-38-35-32-29-27-25-26-28-30-33-36-39-43-47-51-55-59-63-67-71-75-86-80(85)74-70-66-62-58-54-50-46-42-22-20-18-16-14-12-10-8-6-4-2/h14,16,20,22,25-26,77-78,82-83H,3-13,15,17-19,21,23-24,27-76H2,1-2H3,(H,81,84)/b16-14-,22-20-,26-25-. The summed E-state index contributed by atoms with van der Waals surface area (Å²) in [7, 11) is 0. The predicted molar refractivity (Wildman–Crippen MR) is 379 cm³/mol. The van der Waals surface area contributed by atoms with Gasteiger partial charge in [-0.25, -0.2) is 0 Å². The average molecular weight is 1210 g/mol. The van der Waals surface area contributed by atoms with Crippen molar-refractivity contribution in [1.29, 1.82) is 0 Å². The van der Waals surface area contributed by atoms with Crippen molar-refractivity contribution in [2.75, 3.05) is 13.2 Å². The Morgan fingerprint density at radius 3 is 0.907 bits per heavy atom. The monoisotopic (exact) mass is 1210 g/mol. The van der Waals surface area contributed by atoms with Crippen LogP contribution in [0.25, 0.3) is 0 Å². The van der Waals surface area contributed by atoms with E-state index in [4.69, 9.17) is 4.74 Å². The van der Waals surface area contributed by atoms with Crippen molar-refractivity contribution in [3.8, 4) is 0 Å². The third kappa shape index (κ3) is 71.2. The fourth-order valence-electron chi connectivity index (χ4n) is 12.4. The molecule has 6 nitrogen and oxygen atoms in total. The molecule has 0 aliphatic carbocycles. The van der Waals surface area contributed by atoms with Crippen LogP contribution >= 0.6 is 0 Å². The zero-order valence-electron chi connectivity index (χ0n) is 58.3. The topological polar surface area (TPSA) is 95.9 Å². The first-order valence-electron chi connectivity index (χ1n) is 39.2. The molecule has 6 heteroatoms. The Morgan fingerprint density at radius 2 is 0.581 bits per heavy atom. The molecule has 0 fully saturated rings. The molecule has 0 aromatic heterocycles. The van der Waals surface area contributed by atoms with Gasteiger partial charge in [0, 0.05) is 12.8 Å². The highest BCUT2D eigenvalue weighted by Gasteiger charge is 2.20. The maximum Gasteiger partial charge on any atom is 0.305 e. The molecular formula is C80H153NO5. The van der Waals surface area contributed by atoms with Crippen molar-refractivity contribution in [3.63, 3.8) is 0 Å². The minimum Gasteiger partial charge on any atom is -0.466 e. The molecule has 86 heavy (non-hydrogen) atoms. The minimum absolute atomic E-state index is 0.00936. The molecule has 0 radical (unpaired) electrons. The maximum atomic E-state index is 12.6. The average Bonchev–Trinajstić information content (AvgIpc) is 3.54. The summed E-state index contributed by atoms with van der Waals surface area (Å²) in [6, 6.07) is -0.543. The number of esters is 1. The number of unbranched alkanes of at least 4 members (excludes halogenated alkanes) is 57. The second-order valence-electron chi connectivity index (χ2n) is 27.0. The number of carbonyl (C=O) groups is 2. The van der Waals surface area contributed by atoms with Gasteiger partial charge in [-0.15, -0.1) is 0 Å². The van der Waals surface area contributed by atoms with Crippen molar-refractivity contribution < 1.29 is 24.5 Å². The number of aliphatic hydroxyl groups is 2. The van der Waals surface area contributed by atoms with Crippen molar-refractivity contribution in [1.82, 2.24) is 5.32 Å². The number of rotatable bonds is 74. The van der Waals surface area contributed by atoms with Crippen LogP contribution in [-0.2, 0) is 14.3 Å². The number of aliphatic hydroxyl groups excluding tert-OH is 2. The van der Waals surface area contributed by atoms with Gasteiger partial charge >= 0.3 is 5.97 Å². The van der Waals surface area contributed by atoms with Crippen LogP contribution in [0.3, 0.4) is 0 Å². The van der Waals surface area contributed by atoms with E-state index in [1.165, 1.54) is 353 Å². The van der Waals surface area contributed by atoms with Crippen molar-refractivity contribution in [2.45, 2.75) is 450 Å². The number of ether oxygens (including phenoxy) is 1. The molecule has 0 aliphatic rings. The molecule has 2 atom stereocenters. The second-order valence-corrected chi connectivity index (χ2v) is 27.0. The Bertz CT molecular complexity index is 1390. The summed E-state index contributed by atoms with van der Waals surface area (Å²) in [5.74, 6) is -0.0206. The van der Waals surface area contributed by atoms with Gasteiger partial charge in [-0.1, -0.05) is 378 Å². The first-order valence-corrected chi connectivity index (χ1v) is 39.2. The number of amides is 1. The number of allylic oxidation sites excluding steroid dienone is 6. The van der Waals surface area contributed by atoms with Crippen LogP contribution in [0.4, 0.5) is 0 Å². The molecule has 0 aromatic rings. The molecule has 1 amide bonds. The molecule has 3 N–H and O–H groups in total. The molecular weight excluding hydrogens is 1050 g/mol. The highest BCUT2D eigenvalue weighted by atomic mass is 16.5. The van der Waals surface area contributed by atoms with Gasteiger partial charge in [-0.3, -0.25) is 9.59 Å². The van der Waals surface area contributed by atoms with Gasteiger partial charge in [0.05, 0.1) is 25.4 Å². The summed E-state index contributed by atoms with van der Waals surface area (Å²) in [6.45, 7) is 4.98. The molecule has 0 saturated heterocycles. The van der Waals surface area contributed by atoms with Gasteiger partial charge in [0.1, 0.15) is 0 Å². The van der Waals surface area contributed by atoms with Crippen molar-refractivity contribution in [2.24, 2.45) is 0 Å². The zero-order valence-corrected chi connectivity index (χ0v) is 58.3. The third-order valence-electron chi connectivity index (χ3n) is 18.4. The van der Waals surface area contributed by atoms with E-state index < -0.39 is 12.1 Å². The quantitative estimate of drug-likeness (QED) is 0.0320. The van der Waals surface area contributed by atoms with Gasteiger partial charge in [-0.2, -0.15) is 0 Å². The summed E-state index contributed by atoms with van der Waals surface area (Å²) >= 11 is 0. The van der Waals surface area contributed by atoms with E-state index in [-0.39, 0.29) is 18.5 Å². The van der Waals surface area contributed by atoms with Crippen molar-refractivity contribution >= 4 is 11.9 Å². The van der Waals surface area contributed by atoms with E-state index in [2.05, 4.69) is 55.6 Å². The van der Waals surface area contributed by atoms with E-state index in [9.17, 15) is 19.8 Å².